The zero-order valence-electron chi connectivity index (χ0n) is 8.98. The number of nitrogen functional groups attached to an aromatic ring is 1. The SMILES string of the molecule is CC(NS(=O)(=O)c1cccc(F)c1N)C(N)=O. The van der Waals surface area contributed by atoms with Gasteiger partial charge < -0.3 is 11.5 Å². The number of halogens is 1. The van der Waals surface area contributed by atoms with Crippen molar-refractivity contribution in [1.82, 2.24) is 4.72 Å². The van der Waals surface area contributed by atoms with E-state index >= 15 is 0 Å². The lowest BCUT2D eigenvalue weighted by atomic mass is 10.3. The van der Waals surface area contributed by atoms with Crippen LogP contribution in [0.3, 0.4) is 0 Å². The Morgan fingerprint density at radius 2 is 2.06 bits per heavy atom. The number of nitrogens with two attached hydrogens (primary N) is 2. The lowest BCUT2D eigenvalue weighted by Gasteiger charge is -2.12. The zero-order valence-corrected chi connectivity index (χ0v) is 9.79. The van der Waals surface area contributed by atoms with Crippen molar-refractivity contribution in [2.45, 2.75) is 17.9 Å². The van der Waals surface area contributed by atoms with Crippen molar-refractivity contribution in [3.8, 4) is 0 Å². The number of rotatable bonds is 4. The Labute approximate surface area is 97.8 Å². The van der Waals surface area contributed by atoms with E-state index in [-0.39, 0.29) is 0 Å². The molecular weight excluding hydrogens is 249 g/mol. The first-order valence-corrected chi connectivity index (χ1v) is 6.09. The summed E-state index contributed by atoms with van der Waals surface area (Å²) in [6.07, 6.45) is 0. The number of hydrogen-bond acceptors (Lipinski definition) is 4. The van der Waals surface area contributed by atoms with Gasteiger partial charge in [-0.2, -0.15) is 4.72 Å². The van der Waals surface area contributed by atoms with Crippen LogP contribution in [0.2, 0.25) is 0 Å². The summed E-state index contributed by atoms with van der Waals surface area (Å²) in [5, 5.41) is 0. The van der Waals surface area contributed by atoms with Gasteiger partial charge in [0.15, 0.2) is 0 Å². The highest BCUT2D eigenvalue weighted by atomic mass is 32.2. The van der Waals surface area contributed by atoms with Gasteiger partial charge in [-0.1, -0.05) is 6.07 Å². The third-order valence-electron chi connectivity index (χ3n) is 2.06. The molecule has 1 aromatic rings. The Hall–Kier alpha value is -1.67. The van der Waals surface area contributed by atoms with Gasteiger partial charge in [-0.25, -0.2) is 12.8 Å². The molecule has 8 heteroatoms. The molecule has 0 radical (unpaired) electrons. The normalized spacial score (nSPS) is 13.3. The first-order chi connectivity index (χ1) is 7.75. The van der Waals surface area contributed by atoms with E-state index in [0.717, 1.165) is 12.1 Å². The van der Waals surface area contributed by atoms with Crippen molar-refractivity contribution in [2.75, 3.05) is 5.73 Å². The maximum atomic E-state index is 13.1. The number of sulfonamides is 1. The number of primary amides is 1. The van der Waals surface area contributed by atoms with Gasteiger partial charge in [0, 0.05) is 0 Å². The highest BCUT2D eigenvalue weighted by Crippen LogP contribution is 2.20. The van der Waals surface area contributed by atoms with Gasteiger partial charge in [0.25, 0.3) is 0 Å². The van der Waals surface area contributed by atoms with E-state index < -0.39 is 38.4 Å². The number of carbonyl (C=O) groups excluding carboxylic acids is 1. The van der Waals surface area contributed by atoms with Gasteiger partial charge >= 0.3 is 0 Å². The van der Waals surface area contributed by atoms with E-state index in [4.69, 9.17) is 11.5 Å². The molecule has 1 amide bonds. The average Bonchev–Trinajstić information content (AvgIpc) is 2.21. The number of anilines is 1. The third kappa shape index (κ3) is 2.92. The van der Waals surface area contributed by atoms with Crippen LogP contribution >= 0.6 is 0 Å². The lowest BCUT2D eigenvalue weighted by Crippen LogP contribution is -2.42. The molecule has 1 aromatic carbocycles. The largest absolute Gasteiger partial charge is 0.395 e. The summed E-state index contributed by atoms with van der Waals surface area (Å²) in [6.45, 7) is 1.27. The molecule has 94 valence electrons. The summed E-state index contributed by atoms with van der Waals surface area (Å²) in [7, 11) is -4.07. The Morgan fingerprint density at radius 1 is 1.47 bits per heavy atom. The number of benzene rings is 1. The molecule has 0 spiro atoms. The fourth-order valence-electron chi connectivity index (χ4n) is 1.11. The number of para-hydroxylation sites is 1. The first-order valence-electron chi connectivity index (χ1n) is 4.61. The van der Waals surface area contributed by atoms with Gasteiger partial charge in [0.05, 0.1) is 11.7 Å². The summed E-state index contributed by atoms with van der Waals surface area (Å²) in [4.78, 5) is 10.3. The van der Waals surface area contributed by atoms with Crippen molar-refractivity contribution in [1.29, 1.82) is 0 Å². The van der Waals surface area contributed by atoms with Gasteiger partial charge in [0.2, 0.25) is 15.9 Å². The monoisotopic (exact) mass is 261 g/mol. The van der Waals surface area contributed by atoms with E-state index in [9.17, 15) is 17.6 Å². The maximum absolute atomic E-state index is 13.1. The fraction of sp³-hybridized carbons (Fsp3) is 0.222. The minimum absolute atomic E-state index is 0.425. The topological polar surface area (TPSA) is 115 Å². The molecule has 0 bridgehead atoms. The molecule has 0 aliphatic carbocycles. The van der Waals surface area contributed by atoms with Crippen molar-refractivity contribution < 1.29 is 17.6 Å². The summed E-state index contributed by atoms with van der Waals surface area (Å²) < 4.78 is 38.6. The molecule has 0 aliphatic rings. The molecule has 0 saturated heterocycles. The van der Waals surface area contributed by atoms with Crippen molar-refractivity contribution in [2.24, 2.45) is 5.73 Å². The van der Waals surface area contributed by atoms with Crippen LogP contribution in [0, 0.1) is 5.82 Å². The van der Waals surface area contributed by atoms with Crippen LogP contribution in [-0.2, 0) is 14.8 Å². The molecule has 1 rings (SSSR count). The smallest absolute Gasteiger partial charge is 0.243 e. The van der Waals surface area contributed by atoms with Crippen LogP contribution in [0.25, 0.3) is 0 Å². The van der Waals surface area contributed by atoms with E-state index in [1.54, 1.807) is 0 Å². The summed E-state index contributed by atoms with van der Waals surface area (Å²) in [5.74, 6) is -1.69. The Kier molecular flexibility index (Phi) is 3.69. The second-order valence-electron chi connectivity index (χ2n) is 3.40. The summed E-state index contributed by atoms with van der Waals surface area (Å²) in [6, 6.07) is 2.26. The van der Waals surface area contributed by atoms with Crippen LogP contribution < -0.4 is 16.2 Å². The minimum atomic E-state index is -4.07. The fourth-order valence-corrected chi connectivity index (χ4v) is 2.46. The molecule has 5 N–H and O–H groups in total. The number of nitrogens with one attached hydrogen (secondary N) is 1. The molecule has 17 heavy (non-hydrogen) atoms. The van der Waals surface area contributed by atoms with E-state index in [1.807, 2.05) is 4.72 Å². The highest BCUT2D eigenvalue weighted by Gasteiger charge is 2.23. The molecule has 6 nitrogen and oxygen atoms in total. The predicted octanol–water partition coefficient (Wildman–Crippen LogP) is -0.440. The van der Waals surface area contributed by atoms with Crippen LogP contribution in [0.15, 0.2) is 23.1 Å². The summed E-state index contributed by atoms with van der Waals surface area (Å²) in [5.41, 5.74) is 9.73. The summed E-state index contributed by atoms with van der Waals surface area (Å²) >= 11 is 0. The molecular formula is C9H12FN3O3S. The number of carbonyl (C=O) groups is 1. The molecule has 0 fully saturated rings. The molecule has 0 saturated carbocycles. The van der Waals surface area contributed by atoms with Crippen LogP contribution in [-0.4, -0.2) is 20.4 Å². The van der Waals surface area contributed by atoms with Gasteiger partial charge in [-0.3, -0.25) is 4.79 Å². The van der Waals surface area contributed by atoms with E-state index in [1.165, 1.54) is 13.0 Å². The molecule has 1 atom stereocenters. The Bertz CT molecular complexity index is 544. The van der Waals surface area contributed by atoms with Gasteiger partial charge in [-0.15, -0.1) is 0 Å². The van der Waals surface area contributed by atoms with Crippen LogP contribution in [0.5, 0.6) is 0 Å². The molecule has 0 aliphatic heterocycles. The van der Waals surface area contributed by atoms with E-state index in [0.29, 0.717) is 0 Å². The maximum Gasteiger partial charge on any atom is 0.243 e. The van der Waals surface area contributed by atoms with Crippen molar-refractivity contribution >= 4 is 21.6 Å². The molecule has 0 heterocycles. The number of hydrogen-bond donors (Lipinski definition) is 3. The van der Waals surface area contributed by atoms with Gasteiger partial charge in [-0.05, 0) is 19.1 Å². The molecule has 0 aromatic heterocycles. The predicted molar refractivity (Wildman–Crippen MR) is 59.8 cm³/mol. The lowest BCUT2D eigenvalue weighted by molar-refractivity contribution is -0.119. The third-order valence-corrected chi connectivity index (χ3v) is 3.66. The standard InChI is InChI=1S/C9H12FN3O3S/c1-5(9(12)14)13-17(15,16)7-4-2-3-6(10)8(7)11/h2-5,13H,11H2,1H3,(H2,12,14). The quantitative estimate of drug-likeness (QED) is 0.637. The Morgan fingerprint density at radius 3 is 2.59 bits per heavy atom. The second kappa shape index (κ2) is 4.68. The second-order valence-corrected chi connectivity index (χ2v) is 5.08. The van der Waals surface area contributed by atoms with Crippen molar-refractivity contribution in [3.63, 3.8) is 0 Å². The first kappa shape index (κ1) is 13.4. The van der Waals surface area contributed by atoms with E-state index in [2.05, 4.69) is 0 Å². The van der Waals surface area contributed by atoms with Gasteiger partial charge in [0.1, 0.15) is 10.7 Å². The highest BCUT2D eigenvalue weighted by molar-refractivity contribution is 7.89. The van der Waals surface area contributed by atoms with Crippen LogP contribution in [0.4, 0.5) is 10.1 Å². The average molecular weight is 261 g/mol. The minimum Gasteiger partial charge on any atom is -0.395 e. The van der Waals surface area contributed by atoms with Crippen LogP contribution in [0.1, 0.15) is 6.92 Å². The Balaban J connectivity index is 3.14. The zero-order chi connectivity index (χ0) is 13.2. The molecule has 1 unspecified atom stereocenters. The number of amides is 1. The van der Waals surface area contributed by atoms with Crippen molar-refractivity contribution in [3.05, 3.63) is 24.0 Å².